The van der Waals surface area contributed by atoms with Gasteiger partial charge in [-0.05, 0) is 51.1 Å². The summed E-state index contributed by atoms with van der Waals surface area (Å²) in [6, 6.07) is 22.3. The van der Waals surface area contributed by atoms with E-state index in [4.69, 9.17) is 4.74 Å². The van der Waals surface area contributed by atoms with Crippen molar-refractivity contribution in [3.05, 3.63) is 100 Å². The Hall–Kier alpha value is -4.46. The summed E-state index contributed by atoms with van der Waals surface area (Å²) in [7, 11) is 1.65. The Morgan fingerprint density at radius 1 is 0.974 bits per heavy atom. The molecule has 0 fully saturated rings. The summed E-state index contributed by atoms with van der Waals surface area (Å²) in [4.78, 5) is 13.8. The first-order valence-electron chi connectivity index (χ1n) is 12.9. The fraction of sp³-hybridized carbons (Fsp3) is 0.267. The van der Waals surface area contributed by atoms with E-state index >= 15 is 0 Å². The van der Waals surface area contributed by atoms with Crippen molar-refractivity contribution in [2.75, 3.05) is 7.11 Å². The van der Waals surface area contributed by atoms with Gasteiger partial charge in [0.05, 0.1) is 19.3 Å². The summed E-state index contributed by atoms with van der Waals surface area (Å²) >= 11 is 0. The number of H-pyrrole nitrogens is 1. The monoisotopic (exact) mass is 508 g/mol. The summed E-state index contributed by atoms with van der Waals surface area (Å²) < 4.78 is 9.32. The van der Waals surface area contributed by atoms with E-state index in [9.17, 15) is 4.79 Å². The molecule has 0 spiro atoms. The van der Waals surface area contributed by atoms with Gasteiger partial charge in [-0.25, -0.2) is 9.89 Å². The number of nitrogens with zero attached hydrogens (tertiary/aromatic N) is 5. The van der Waals surface area contributed by atoms with Gasteiger partial charge in [0.25, 0.3) is 0 Å². The maximum atomic E-state index is 13.8. The van der Waals surface area contributed by atoms with Crippen LogP contribution in [0.2, 0.25) is 0 Å². The van der Waals surface area contributed by atoms with Crippen molar-refractivity contribution >= 4 is 0 Å². The molecule has 0 atom stereocenters. The zero-order chi connectivity index (χ0) is 26.6. The van der Waals surface area contributed by atoms with E-state index in [1.807, 2.05) is 41.1 Å². The molecule has 2 aromatic heterocycles. The Bertz CT molecular complexity index is 1580. The summed E-state index contributed by atoms with van der Waals surface area (Å²) in [6.07, 6.45) is 3.73. The molecule has 0 radical (unpaired) electrons. The minimum atomic E-state index is -0.0629. The van der Waals surface area contributed by atoms with Crippen LogP contribution in [0.15, 0.2) is 77.7 Å². The van der Waals surface area contributed by atoms with Gasteiger partial charge in [-0.2, -0.15) is 0 Å². The van der Waals surface area contributed by atoms with E-state index in [0.717, 1.165) is 52.0 Å². The summed E-state index contributed by atoms with van der Waals surface area (Å²) in [6.45, 7) is 6.88. The van der Waals surface area contributed by atoms with Crippen molar-refractivity contribution in [1.29, 1.82) is 0 Å². The number of aryl methyl sites for hydroxylation is 1. The Morgan fingerprint density at radius 3 is 2.39 bits per heavy atom. The summed E-state index contributed by atoms with van der Waals surface area (Å²) in [5, 5.41) is 14.3. The van der Waals surface area contributed by atoms with Gasteiger partial charge in [-0.3, -0.25) is 9.13 Å². The number of aromatic amines is 1. The van der Waals surface area contributed by atoms with Gasteiger partial charge in [0.2, 0.25) is 0 Å². The molecule has 0 aliphatic rings. The highest BCUT2D eigenvalue weighted by atomic mass is 16.5. The van der Waals surface area contributed by atoms with Crippen LogP contribution in [0.4, 0.5) is 0 Å². The second-order valence-corrected chi connectivity index (χ2v) is 9.65. The van der Waals surface area contributed by atoms with Crippen molar-refractivity contribution in [2.24, 2.45) is 0 Å². The second-order valence-electron chi connectivity index (χ2n) is 9.65. The van der Waals surface area contributed by atoms with E-state index in [0.29, 0.717) is 18.1 Å². The third kappa shape index (κ3) is 4.77. The lowest BCUT2D eigenvalue weighted by Gasteiger charge is -2.16. The van der Waals surface area contributed by atoms with Gasteiger partial charge < -0.3 is 4.74 Å². The van der Waals surface area contributed by atoms with Crippen LogP contribution in [0.3, 0.4) is 0 Å². The lowest BCUT2D eigenvalue weighted by molar-refractivity contribution is 0.411. The smallest absolute Gasteiger partial charge is 0.333 e. The molecule has 0 aliphatic heterocycles. The number of methoxy groups -OCH3 is 1. The van der Waals surface area contributed by atoms with Crippen molar-refractivity contribution in [3.63, 3.8) is 0 Å². The zero-order valence-corrected chi connectivity index (χ0v) is 22.2. The number of hydrogen-bond acceptors (Lipinski definition) is 5. The van der Waals surface area contributed by atoms with E-state index in [1.165, 1.54) is 0 Å². The highest BCUT2D eigenvalue weighted by Gasteiger charge is 2.20. The number of nitrogens with one attached hydrogen (secondary N) is 1. The molecule has 2 heterocycles. The zero-order valence-electron chi connectivity index (χ0n) is 22.2. The van der Waals surface area contributed by atoms with Gasteiger partial charge in [0.15, 0.2) is 5.82 Å². The Balaban J connectivity index is 1.52. The number of ether oxygens (including phenoxy) is 1. The maximum absolute atomic E-state index is 13.8. The molecule has 38 heavy (non-hydrogen) atoms. The van der Waals surface area contributed by atoms with Crippen LogP contribution < -0.4 is 10.4 Å². The van der Waals surface area contributed by atoms with Crippen LogP contribution in [0.25, 0.3) is 28.2 Å². The van der Waals surface area contributed by atoms with Crippen molar-refractivity contribution in [1.82, 2.24) is 29.8 Å². The first-order chi connectivity index (χ1) is 18.5. The maximum Gasteiger partial charge on any atom is 0.333 e. The predicted octanol–water partition coefficient (Wildman–Crippen LogP) is 5.62. The molecule has 8 nitrogen and oxygen atoms in total. The van der Waals surface area contributed by atoms with Gasteiger partial charge in [-0.15, -0.1) is 5.10 Å². The molecular formula is C30H32N6O2. The number of hydrogen-bond donors (Lipinski definition) is 1. The third-order valence-electron chi connectivity index (χ3n) is 6.81. The number of tetrazole rings is 1. The number of para-hydroxylation sites is 1. The Kier molecular flexibility index (Phi) is 7.22. The van der Waals surface area contributed by atoms with Crippen LogP contribution in [0.5, 0.6) is 5.75 Å². The molecule has 194 valence electrons. The number of benzene rings is 3. The van der Waals surface area contributed by atoms with Crippen LogP contribution >= 0.6 is 0 Å². The Morgan fingerprint density at radius 2 is 1.74 bits per heavy atom. The Labute approximate surface area is 221 Å². The molecule has 0 aliphatic carbocycles. The lowest BCUT2D eigenvalue weighted by Crippen LogP contribution is -2.25. The standard InChI is InChI=1S/C30H32N6O2/c1-5-9-23-19-36(28-24(20(2)3)12-8-13-27(28)38-4)30(37)35(23)18-21-14-16-22(17-15-21)25-10-6-7-11-26(25)29-31-33-34-32-29/h6-8,10-17,19-20H,5,9,18H2,1-4H3,(H,31,32,33,34). The average Bonchev–Trinajstić information content (AvgIpc) is 3.58. The minimum absolute atomic E-state index is 0.0629. The lowest BCUT2D eigenvalue weighted by atomic mass is 9.98. The molecule has 0 saturated carbocycles. The van der Waals surface area contributed by atoms with Crippen LogP contribution in [0, 0.1) is 0 Å². The van der Waals surface area contributed by atoms with Gasteiger partial charge in [0, 0.05) is 17.5 Å². The molecular weight excluding hydrogens is 476 g/mol. The molecule has 0 bridgehead atoms. The number of rotatable bonds is 9. The van der Waals surface area contributed by atoms with Crippen LogP contribution in [-0.2, 0) is 13.0 Å². The van der Waals surface area contributed by atoms with Crippen molar-refractivity contribution in [3.8, 4) is 34.0 Å². The van der Waals surface area contributed by atoms with Gasteiger partial charge in [0.1, 0.15) is 5.75 Å². The van der Waals surface area contributed by atoms with Crippen LogP contribution in [0.1, 0.15) is 49.9 Å². The molecule has 1 N–H and O–H groups in total. The molecule has 5 rings (SSSR count). The summed E-state index contributed by atoms with van der Waals surface area (Å²) in [5.74, 6) is 1.57. The average molecular weight is 509 g/mol. The summed E-state index contributed by atoms with van der Waals surface area (Å²) in [5.41, 5.74) is 6.91. The second kappa shape index (κ2) is 10.9. The van der Waals surface area contributed by atoms with Crippen molar-refractivity contribution < 1.29 is 4.74 Å². The normalized spacial score (nSPS) is 11.3. The largest absolute Gasteiger partial charge is 0.495 e. The van der Waals surface area contributed by atoms with Crippen LogP contribution in [-0.4, -0.2) is 36.9 Å². The van der Waals surface area contributed by atoms with Crippen molar-refractivity contribution in [2.45, 2.75) is 46.1 Å². The first kappa shape index (κ1) is 25.2. The van der Waals surface area contributed by atoms with E-state index < -0.39 is 0 Å². The fourth-order valence-corrected chi connectivity index (χ4v) is 4.93. The van der Waals surface area contributed by atoms with E-state index in [-0.39, 0.29) is 11.6 Å². The molecule has 0 unspecified atom stereocenters. The topological polar surface area (TPSA) is 90.6 Å². The number of imidazole rings is 1. The van der Waals surface area contributed by atoms with Gasteiger partial charge >= 0.3 is 5.69 Å². The predicted molar refractivity (Wildman–Crippen MR) is 149 cm³/mol. The highest BCUT2D eigenvalue weighted by molar-refractivity contribution is 5.80. The molecule has 0 saturated heterocycles. The first-order valence-corrected chi connectivity index (χ1v) is 12.9. The third-order valence-corrected chi connectivity index (χ3v) is 6.81. The fourth-order valence-electron chi connectivity index (χ4n) is 4.93. The van der Waals surface area contributed by atoms with Gasteiger partial charge in [-0.1, -0.05) is 87.9 Å². The molecule has 3 aromatic carbocycles. The van der Waals surface area contributed by atoms with E-state index in [1.54, 1.807) is 11.7 Å². The number of aromatic nitrogens is 6. The quantitative estimate of drug-likeness (QED) is 0.279. The van der Waals surface area contributed by atoms with E-state index in [2.05, 4.69) is 77.8 Å². The molecule has 5 aromatic rings. The minimum Gasteiger partial charge on any atom is -0.495 e. The molecule has 0 amide bonds. The molecule has 8 heteroatoms. The SMILES string of the molecule is CCCc1cn(-c2c(OC)cccc2C(C)C)c(=O)n1Cc1ccc(-c2ccccc2-c2nnn[nH]2)cc1. The highest BCUT2D eigenvalue weighted by Crippen LogP contribution is 2.32.